The van der Waals surface area contributed by atoms with Crippen molar-refractivity contribution in [2.75, 3.05) is 0 Å². The van der Waals surface area contributed by atoms with E-state index in [1.165, 1.54) is 6.07 Å². The minimum atomic E-state index is -1.04. The van der Waals surface area contributed by atoms with Crippen molar-refractivity contribution in [1.82, 2.24) is 4.98 Å². The lowest BCUT2D eigenvalue weighted by molar-refractivity contribution is 0.0690. The average molecular weight is 440 g/mol. The largest absolute Gasteiger partial charge is 0.488 e. The molecule has 152 valence electrons. The summed E-state index contributed by atoms with van der Waals surface area (Å²) in [5.41, 5.74) is 4.69. The number of carbonyl (C=O) groups is 1. The fraction of sp³-hybridized carbons (Fsp3) is 0.167. The molecule has 0 unspecified atom stereocenters. The molecule has 1 N–H and O–H groups in total. The molecule has 0 aliphatic heterocycles. The Labute approximate surface area is 184 Å². The van der Waals surface area contributed by atoms with Crippen LogP contribution < -0.4 is 4.74 Å². The van der Waals surface area contributed by atoms with Gasteiger partial charge in [0.1, 0.15) is 18.1 Å². The summed E-state index contributed by atoms with van der Waals surface area (Å²) in [4.78, 5) is 15.7. The zero-order chi connectivity index (χ0) is 21.1. The van der Waals surface area contributed by atoms with E-state index in [1.807, 2.05) is 42.5 Å². The summed E-state index contributed by atoms with van der Waals surface area (Å²) < 4.78 is 6.13. The Hall–Kier alpha value is -2.82. The van der Waals surface area contributed by atoms with Crippen LogP contribution >= 0.6 is 23.2 Å². The van der Waals surface area contributed by atoms with Gasteiger partial charge in [0, 0.05) is 11.6 Å². The van der Waals surface area contributed by atoms with Crippen LogP contribution in [0.3, 0.4) is 0 Å². The number of halogens is 2. The maximum Gasteiger partial charge on any atom is 0.354 e. The van der Waals surface area contributed by atoms with Crippen molar-refractivity contribution in [3.63, 3.8) is 0 Å². The van der Waals surface area contributed by atoms with Crippen LogP contribution in [0.2, 0.25) is 10.0 Å². The Bertz CT molecular complexity index is 1130. The number of rotatable bonds is 6. The highest BCUT2D eigenvalue weighted by Crippen LogP contribution is 2.44. The number of hydrogen-bond donors (Lipinski definition) is 1. The van der Waals surface area contributed by atoms with Gasteiger partial charge in [-0.1, -0.05) is 59.6 Å². The lowest BCUT2D eigenvalue weighted by Crippen LogP contribution is -2.03. The number of pyridine rings is 1. The first-order valence-electron chi connectivity index (χ1n) is 9.62. The summed E-state index contributed by atoms with van der Waals surface area (Å²) in [5, 5.41) is 10.2. The third-order valence-corrected chi connectivity index (χ3v) is 5.80. The van der Waals surface area contributed by atoms with E-state index in [4.69, 9.17) is 27.9 Å². The van der Waals surface area contributed by atoms with Crippen LogP contribution in [0.5, 0.6) is 5.75 Å². The van der Waals surface area contributed by atoms with Crippen molar-refractivity contribution in [3.05, 3.63) is 93.2 Å². The molecule has 1 aliphatic rings. The molecule has 0 bridgehead atoms. The molecule has 0 fully saturated rings. The monoisotopic (exact) mass is 439 g/mol. The highest BCUT2D eigenvalue weighted by Gasteiger charge is 2.23. The second-order valence-corrected chi connectivity index (χ2v) is 7.88. The average Bonchev–Trinajstić information content (AvgIpc) is 3.25. The number of allylic oxidation sites excluding steroid dienone is 2. The summed E-state index contributed by atoms with van der Waals surface area (Å²) >= 11 is 12.6. The Morgan fingerprint density at radius 2 is 1.70 bits per heavy atom. The second kappa shape index (κ2) is 8.90. The van der Waals surface area contributed by atoms with Crippen molar-refractivity contribution < 1.29 is 14.6 Å². The van der Waals surface area contributed by atoms with E-state index < -0.39 is 5.97 Å². The van der Waals surface area contributed by atoms with Gasteiger partial charge in [0.05, 0.1) is 15.7 Å². The topological polar surface area (TPSA) is 59.4 Å². The molecule has 0 amide bonds. The fourth-order valence-electron chi connectivity index (χ4n) is 3.66. The number of aromatic nitrogens is 1. The molecule has 1 aromatic heterocycles. The SMILES string of the molecule is O=C(O)c1cccc(C2=C(c3cc(Cl)c(Cl)cc3OCc3ccccc3)CCC2)n1. The van der Waals surface area contributed by atoms with Crippen molar-refractivity contribution in [2.24, 2.45) is 0 Å². The van der Waals surface area contributed by atoms with Gasteiger partial charge in [0.15, 0.2) is 0 Å². The summed E-state index contributed by atoms with van der Waals surface area (Å²) in [7, 11) is 0. The van der Waals surface area contributed by atoms with Crippen LogP contribution in [0.15, 0.2) is 60.7 Å². The zero-order valence-electron chi connectivity index (χ0n) is 16.1. The van der Waals surface area contributed by atoms with E-state index in [-0.39, 0.29) is 5.69 Å². The van der Waals surface area contributed by atoms with Gasteiger partial charge in [0.25, 0.3) is 0 Å². The fourth-order valence-corrected chi connectivity index (χ4v) is 3.98. The second-order valence-electron chi connectivity index (χ2n) is 7.06. The van der Waals surface area contributed by atoms with Crippen molar-refractivity contribution in [1.29, 1.82) is 0 Å². The van der Waals surface area contributed by atoms with Crippen LogP contribution in [-0.2, 0) is 6.61 Å². The van der Waals surface area contributed by atoms with E-state index in [9.17, 15) is 9.90 Å². The van der Waals surface area contributed by atoms with E-state index in [0.717, 1.165) is 41.5 Å². The smallest absolute Gasteiger partial charge is 0.354 e. The molecule has 0 radical (unpaired) electrons. The van der Waals surface area contributed by atoms with E-state index in [0.29, 0.717) is 28.1 Å². The van der Waals surface area contributed by atoms with Gasteiger partial charge in [0.2, 0.25) is 0 Å². The summed E-state index contributed by atoms with van der Waals surface area (Å²) in [5.74, 6) is -0.393. The summed E-state index contributed by atoms with van der Waals surface area (Å²) in [6.45, 7) is 0.404. The molecular formula is C24H19Cl2NO3. The Balaban J connectivity index is 1.76. The highest BCUT2D eigenvalue weighted by atomic mass is 35.5. The molecule has 0 saturated heterocycles. The number of aromatic carboxylic acids is 1. The first kappa shape index (κ1) is 20.5. The Kier molecular flexibility index (Phi) is 6.07. The maximum absolute atomic E-state index is 11.3. The third kappa shape index (κ3) is 4.35. The quantitative estimate of drug-likeness (QED) is 0.460. The standard InChI is InChI=1S/C24H19Cl2NO3/c25-19-12-18(23(13-20(19)26)30-14-15-6-2-1-3-7-15)16-8-4-9-17(16)21-10-5-11-22(27-21)24(28)29/h1-3,5-7,10-13H,4,8-9,14H2,(H,28,29). The number of benzene rings is 2. The van der Waals surface area contributed by atoms with Gasteiger partial charge in [-0.25, -0.2) is 9.78 Å². The molecule has 6 heteroatoms. The van der Waals surface area contributed by atoms with Gasteiger partial charge in [-0.15, -0.1) is 0 Å². The normalized spacial score (nSPS) is 13.5. The predicted octanol–water partition coefficient (Wildman–Crippen LogP) is 6.76. The van der Waals surface area contributed by atoms with E-state index in [1.54, 1.807) is 12.1 Å². The molecule has 0 spiro atoms. The van der Waals surface area contributed by atoms with Crippen LogP contribution in [0.25, 0.3) is 11.1 Å². The number of ether oxygens (including phenoxy) is 1. The van der Waals surface area contributed by atoms with Crippen LogP contribution in [0.1, 0.15) is 46.6 Å². The molecular weight excluding hydrogens is 421 g/mol. The summed E-state index contributed by atoms with van der Waals surface area (Å²) in [6.07, 6.45) is 2.58. The van der Waals surface area contributed by atoms with Crippen molar-refractivity contribution in [3.8, 4) is 5.75 Å². The molecule has 0 atom stereocenters. The van der Waals surface area contributed by atoms with Gasteiger partial charge in [-0.05, 0) is 54.2 Å². The first-order chi connectivity index (χ1) is 14.5. The van der Waals surface area contributed by atoms with Crippen molar-refractivity contribution in [2.45, 2.75) is 25.9 Å². The summed E-state index contributed by atoms with van der Waals surface area (Å²) in [6, 6.07) is 18.5. The minimum Gasteiger partial charge on any atom is -0.488 e. The maximum atomic E-state index is 11.3. The zero-order valence-corrected chi connectivity index (χ0v) is 17.6. The molecule has 4 nitrogen and oxygen atoms in total. The lowest BCUT2D eigenvalue weighted by atomic mass is 9.98. The van der Waals surface area contributed by atoms with Crippen LogP contribution in [0.4, 0.5) is 0 Å². The predicted molar refractivity (Wildman–Crippen MR) is 119 cm³/mol. The van der Waals surface area contributed by atoms with E-state index in [2.05, 4.69) is 4.98 Å². The number of carboxylic acid groups (broad SMARTS) is 1. The number of nitrogens with zero attached hydrogens (tertiary/aromatic N) is 1. The lowest BCUT2D eigenvalue weighted by Gasteiger charge is -2.16. The molecule has 2 aromatic carbocycles. The molecule has 3 aromatic rings. The molecule has 1 aliphatic carbocycles. The highest BCUT2D eigenvalue weighted by molar-refractivity contribution is 6.42. The van der Waals surface area contributed by atoms with Crippen LogP contribution in [0, 0.1) is 0 Å². The molecule has 0 saturated carbocycles. The van der Waals surface area contributed by atoms with Gasteiger partial charge >= 0.3 is 5.97 Å². The van der Waals surface area contributed by atoms with Crippen molar-refractivity contribution >= 4 is 40.3 Å². The Morgan fingerprint density at radius 1 is 0.967 bits per heavy atom. The number of hydrogen-bond acceptors (Lipinski definition) is 3. The molecule has 1 heterocycles. The first-order valence-corrected chi connectivity index (χ1v) is 10.4. The van der Waals surface area contributed by atoms with Gasteiger partial charge in [-0.3, -0.25) is 0 Å². The van der Waals surface area contributed by atoms with Gasteiger partial charge < -0.3 is 9.84 Å². The number of carboxylic acids is 1. The van der Waals surface area contributed by atoms with Gasteiger partial charge in [-0.2, -0.15) is 0 Å². The van der Waals surface area contributed by atoms with E-state index >= 15 is 0 Å². The Morgan fingerprint density at radius 3 is 2.47 bits per heavy atom. The van der Waals surface area contributed by atoms with Crippen LogP contribution in [-0.4, -0.2) is 16.1 Å². The molecule has 4 rings (SSSR count). The third-order valence-electron chi connectivity index (χ3n) is 5.08. The minimum absolute atomic E-state index is 0.0286. The molecule has 30 heavy (non-hydrogen) atoms.